The van der Waals surface area contributed by atoms with Crippen molar-refractivity contribution < 1.29 is 9.18 Å². The SMILES string of the molecule is O=C(c1cnccn1)N1CCC[C@]2(CCN(Cc3ccc(F)cc3)C2)C1. The van der Waals surface area contributed by atoms with Gasteiger partial charge in [-0.1, -0.05) is 12.1 Å². The molecule has 1 amide bonds. The van der Waals surface area contributed by atoms with Crippen molar-refractivity contribution in [1.82, 2.24) is 19.8 Å². The minimum Gasteiger partial charge on any atom is -0.337 e. The Hall–Kier alpha value is -2.34. The highest BCUT2D eigenvalue weighted by atomic mass is 19.1. The van der Waals surface area contributed by atoms with Gasteiger partial charge in [0.15, 0.2) is 0 Å². The van der Waals surface area contributed by atoms with Crippen LogP contribution in [-0.2, 0) is 6.54 Å². The van der Waals surface area contributed by atoms with Gasteiger partial charge in [0, 0.05) is 44.0 Å². The molecule has 1 aromatic carbocycles. The molecule has 26 heavy (non-hydrogen) atoms. The van der Waals surface area contributed by atoms with Crippen LogP contribution in [0.25, 0.3) is 0 Å². The first kappa shape index (κ1) is 17.1. The van der Waals surface area contributed by atoms with Gasteiger partial charge in [0.2, 0.25) is 0 Å². The molecule has 2 fully saturated rings. The van der Waals surface area contributed by atoms with E-state index < -0.39 is 0 Å². The first-order chi connectivity index (χ1) is 12.6. The lowest BCUT2D eigenvalue weighted by atomic mass is 9.79. The number of aromatic nitrogens is 2. The molecule has 3 heterocycles. The highest BCUT2D eigenvalue weighted by Gasteiger charge is 2.42. The lowest BCUT2D eigenvalue weighted by Crippen LogP contribution is -2.47. The number of likely N-dealkylation sites (tertiary alicyclic amines) is 2. The molecule has 5 nitrogen and oxygen atoms in total. The van der Waals surface area contributed by atoms with E-state index in [0.717, 1.165) is 57.5 Å². The van der Waals surface area contributed by atoms with Crippen molar-refractivity contribution in [2.24, 2.45) is 5.41 Å². The van der Waals surface area contributed by atoms with Crippen LogP contribution in [0, 0.1) is 11.2 Å². The topological polar surface area (TPSA) is 49.3 Å². The summed E-state index contributed by atoms with van der Waals surface area (Å²) in [6, 6.07) is 6.74. The van der Waals surface area contributed by atoms with Gasteiger partial charge in [-0.2, -0.15) is 0 Å². The molecule has 1 spiro atoms. The standard InChI is InChI=1S/C20H23FN4O/c21-17-4-2-16(3-5-17)13-24-11-7-20(14-24)6-1-10-25(15-20)19(26)18-12-22-8-9-23-18/h2-5,8-9,12H,1,6-7,10-11,13-15H2/t20-/m1/s1. The summed E-state index contributed by atoms with van der Waals surface area (Å²) in [5.74, 6) is -0.216. The Balaban J connectivity index is 1.41. The van der Waals surface area contributed by atoms with Crippen molar-refractivity contribution in [2.75, 3.05) is 26.2 Å². The molecule has 1 atom stereocenters. The smallest absolute Gasteiger partial charge is 0.274 e. The molecule has 0 bridgehead atoms. The third kappa shape index (κ3) is 3.60. The average molecular weight is 354 g/mol. The zero-order chi connectivity index (χ0) is 18.0. The molecule has 0 aliphatic carbocycles. The molecule has 0 N–H and O–H groups in total. The summed E-state index contributed by atoms with van der Waals surface area (Å²) in [4.78, 5) is 25.2. The van der Waals surface area contributed by atoms with Gasteiger partial charge in [0.05, 0.1) is 6.20 Å². The summed E-state index contributed by atoms with van der Waals surface area (Å²) in [6.07, 6.45) is 7.96. The number of rotatable bonds is 3. The van der Waals surface area contributed by atoms with Crippen LogP contribution in [0.3, 0.4) is 0 Å². The molecule has 1 aromatic heterocycles. The number of hydrogen-bond acceptors (Lipinski definition) is 4. The quantitative estimate of drug-likeness (QED) is 0.850. The minimum atomic E-state index is -0.197. The minimum absolute atomic E-state index is 0.0193. The Bertz CT molecular complexity index is 767. The normalized spacial score (nSPS) is 23.5. The van der Waals surface area contributed by atoms with Gasteiger partial charge in [-0.25, -0.2) is 9.37 Å². The second kappa shape index (κ2) is 7.11. The lowest BCUT2D eigenvalue weighted by Gasteiger charge is -2.40. The molecule has 2 saturated heterocycles. The summed E-state index contributed by atoms with van der Waals surface area (Å²) in [7, 11) is 0. The van der Waals surface area contributed by atoms with Crippen molar-refractivity contribution >= 4 is 5.91 Å². The summed E-state index contributed by atoms with van der Waals surface area (Å²) < 4.78 is 13.1. The van der Waals surface area contributed by atoms with Crippen LogP contribution in [0.1, 0.15) is 35.3 Å². The summed E-state index contributed by atoms with van der Waals surface area (Å²) in [5.41, 5.74) is 1.72. The number of carbonyl (C=O) groups excluding carboxylic acids is 1. The van der Waals surface area contributed by atoms with Crippen LogP contribution in [0.2, 0.25) is 0 Å². The van der Waals surface area contributed by atoms with E-state index in [1.165, 1.54) is 12.1 Å². The third-order valence-electron chi connectivity index (χ3n) is 5.57. The largest absolute Gasteiger partial charge is 0.337 e. The molecule has 0 radical (unpaired) electrons. The van der Waals surface area contributed by atoms with Gasteiger partial charge in [-0.15, -0.1) is 0 Å². The molecule has 0 saturated carbocycles. The monoisotopic (exact) mass is 354 g/mol. The maximum Gasteiger partial charge on any atom is 0.274 e. The summed E-state index contributed by atoms with van der Waals surface area (Å²) in [5, 5.41) is 0. The maximum atomic E-state index is 13.1. The average Bonchev–Trinajstić information content (AvgIpc) is 3.05. The highest BCUT2D eigenvalue weighted by molar-refractivity contribution is 5.92. The van der Waals surface area contributed by atoms with E-state index in [9.17, 15) is 9.18 Å². The van der Waals surface area contributed by atoms with Crippen LogP contribution in [-0.4, -0.2) is 51.9 Å². The zero-order valence-corrected chi connectivity index (χ0v) is 14.8. The van der Waals surface area contributed by atoms with Gasteiger partial charge in [0.25, 0.3) is 5.91 Å². The van der Waals surface area contributed by atoms with Gasteiger partial charge in [-0.3, -0.25) is 14.7 Å². The van der Waals surface area contributed by atoms with Gasteiger partial charge in [0.1, 0.15) is 11.5 Å². The Morgan fingerprint density at radius 2 is 1.96 bits per heavy atom. The van der Waals surface area contributed by atoms with Crippen LogP contribution in [0.5, 0.6) is 0 Å². The number of amides is 1. The third-order valence-corrected chi connectivity index (χ3v) is 5.57. The van der Waals surface area contributed by atoms with Crippen molar-refractivity contribution in [3.8, 4) is 0 Å². The van der Waals surface area contributed by atoms with E-state index in [1.807, 2.05) is 17.0 Å². The van der Waals surface area contributed by atoms with Crippen molar-refractivity contribution in [3.63, 3.8) is 0 Å². The van der Waals surface area contributed by atoms with Crippen molar-refractivity contribution in [2.45, 2.75) is 25.8 Å². The van der Waals surface area contributed by atoms with Gasteiger partial charge >= 0.3 is 0 Å². The van der Waals surface area contributed by atoms with E-state index in [4.69, 9.17) is 0 Å². The molecule has 6 heteroatoms. The second-order valence-corrected chi connectivity index (χ2v) is 7.51. The molecule has 2 aliphatic heterocycles. The number of benzene rings is 1. The first-order valence-corrected chi connectivity index (χ1v) is 9.16. The van der Waals surface area contributed by atoms with Crippen LogP contribution >= 0.6 is 0 Å². The van der Waals surface area contributed by atoms with E-state index in [1.54, 1.807) is 18.6 Å². The highest BCUT2D eigenvalue weighted by Crippen LogP contribution is 2.39. The fourth-order valence-electron chi connectivity index (χ4n) is 4.30. The van der Waals surface area contributed by atoms with Gasteiger partial charge < -0.3 is 4.90 Å². The Kier molecular flexibility index (Phi) is 4.68. The predicted molar refractivity (Wildman–Crippen MR) is 95.9 cm³/mol. The second-order valence-electron chi connectivity index (χ2n) is 7.51. The van der Waals surface area contributed by atoms with E-state index in [-0.39, 0.29) is 17.1 Å². The van der Waals surface area contributed by atoms with E-state index in [0.29, 0.717) is 5.69 Å². The number of nitrogens with zero attached hydrogens (tertiary/aromatic N) is 4. The molecular formula is C20H23FN4O. The summed E-state index contributed by atoms with van der Waals surface area (Å²) >= 11 is 0. The lowest BCUT2D eigenvalue weighted by molar-refractivity contribution is 0.0521. The zero-order valence-electron chi connectivity index (χ0n) is 14.8. The maximum absolute atomic E-state index is 13.1. The van der Waals surface area contributed by atoms with Crippen LogP contribution < -0.4 is 0 Å². The van der Waals surface area contributed by atoms with Crippen molar-refractivity contribution in [3.05, 3.63) is 59.9 Å². The molecule has 0 unspecified atom stereocenters. The predicted octanol–water partition coefficient (Wildman–Crippen LogP) is 2.74. The fourth-order valence-corrected chi connectivity index (χ4v) is 4.30. The van der Waals surface area contributed by atoms with E-state index >= 15 is 0 Å². The van der Waals surface area contributed by atoms with Crippen molar-refractivity contribution in [1.29, 1.82) is 0 Å². The number of piperidine rings is 1. The Morgan fingerprint density at radius 1 is 1.12 bits per heavy atom. The Labute approximate surface area is 152 Å². The number of hydrogen-bond donors (Lipinski definition) is 0. The number of carbonyl (C=O) groups is 1. The van der Waals surface area contributed by atoms with E-state index in [2.05, 4.69) is 14.9 Å². The van der Waals surface area contributed by atoms with Gasteiger partial charge in [-0.05, 0) is 43.5 Å². The molecule has 2 aromatic rings. The summed E-state index contributed by atoms with van der Waals surface area (Å²) in [6.45, 7) is 4.40. The molecular weight excluding hydrogens is 331 g/mol. The fraction of sp³-hybridized carbons (Fsp3) is 0.450. The van der Waals surface area contributed by atoms with Crippen LogP contribution in [0.15, 0.2) is 42.9 Å². The molecule has 2 aliphatic rings. The first-order valence-electron chi connectivity index (χ1n) is 9.16. The Morgan fingerprint density at radius 3 is 2.73 bits per heavy atom. The number of halogens is 1. The van der Waals surface area contributed by atoms with Crippen LogP contribution in [0.4, 0.5) is 4.39 Å². The molecule has 4 rings (SSSR count). The molecule has 136 valence electrons.